The second-order valence-corrected chi connectivity index (χ2v) is 10.6. The first kappa shape index (κ1) is 26.1. The number of rotatable bonds is 7. The molecule has 1 fully saturated rings. The van der Waals surface area contributed by atoms with Gasteiger partial charge in [0.25, 0.3) is 0 Å². The van der Waals surface area contributed by atoms with Gasteiger partial charge in [0.1, 0.15) is 11.2 Å². The van der Waals surface area contributed by atoms with Crippen molar-refractivity contribution < 1.29 is 13.9 Å². The molecule has 1 saturated carbocycles. The van der Waals surface area contributed by atoms with E-state index in [1.165, 1.54) is 6.20 Å². The number of nitrogens with zero attached hydrogens (tertiary/aromatic N) is 4. The maximum absolute atomic E-state index is 14.6. The Kier molecular flexibility index (Phi) is 7.94. The Bertz CT molecular complexity index is 1210. The van der Waals surface area contributed by atoms with Crippen LogP contribution in [0.15, 0.2) is 24.7 Å². The zero-order valence-corrected chi connectivity index (χ0v) is 21.8. The topological polar surface area (TPSA) is 108 Å². The molecule has 0 saturated heterocycles. The van der Waals surface area contributed by atoms with Crippen molar-refractivity contribution in [3.05, 3.63) is 35.5 Å². The molecule has 1 aliphatic rings. The van der Waals surface area contributed by atoms with E-state index < -0.39 is 11.4 Å². The fourth-order valence-electron chi connectivity index (χ4n) is 4.33. The van der Waals surface area contributed by atoms with E-state index in [-0.39, 0.29) is 24.0 Å². The lowest BCUT2D eigenvalue weighted by atomic mass is 9.91. The summed E-state index contributed by atoms with van der Waals surface area (Å²) in [7, 11) is 1.73. The lowest BCUT2D eigenvalue weighted by Gasteiger charge is -2.31. The molecular weight excluding hydrogens is 485 g/mol. The summed E-state index contributed by atoms with van der Waals surface area (Å²) in [6.07, 6.45) is 7.93. The molecule has 194 valence electrons. The van der Waals surface area contributed by atoms with Gasteiger partial charge >= 0.3 is 6.09 Å². The molecule has 0 radical (unpaired) electrons. The van der Waals surface area contributed by atoms with E-state index in [2.05, 4.69) is 30.6 Å². The van der Waals surface area contributed by atoms with E-state index in [9.17, 15) is 9.18 Å². The number of carbonyl (C=O) groups excluding carboxylic acids is 1. The largest absolute Gasteiger partial charge is 0.444 e. The normalized spacial score (nSPS) is 18.3. The summed E-state index contributed by atoms with van der Waals surface area (Å²) < 4.78 is 20.0. The van der Waals surface area contributed by atoms with Crippen LogP contribution >= 0.6 is 11.6 Å². The number of anilines is 1. The number of hydrogen-bond acceptors (Lipinski definition) is 7. The number of aromatic amines is 1. The van der Waals surface area contributed by atoms with Gasteiger partial charge in [-0.3, -0.25) is 0 Å². The molecule has 1 unspecified atom stereocenters. The third kappa shape index (κ3) is 6.61. The fourth-order valence-corrected chi connectivity index (χ4v) is 4.49. The molecule has 3 heterocycles. The summed E-state index contributed by atoms with van der Waals surface area (Å²) in [5.74, 6) is 0.0772. The molecule has 9 nitrogen and oxygen atoms in total. The molecule has 1 aliphatic carbocycles. The molecule has 2 atom stereocenters. The maximum Gasteiger partial charge on any atom is 0.410 e. The van der Waals surface area contributed by atoms with E-state index in [0.717, 1.165) is 31.1 Å². The highest BCUT2D eigenvalue weighted by atomic mass is 35.5. The van der Waals surface area contributed by atoms with E-state index in [4.69, 9.17) is 16.3 Å². The molecule has 1 amide bonds. The van der Waals surface area contributed by atoms with E-state index in [1.807, 2.05) is 20.8 Å². The molecule has 0 aromatic carbocycles. The second kappa shape index (κ2) is 11.0. The Morgan fingerprint density at radius 2 is 2.06 bits per heavy atom. The standard InChI is InChI=1S/C25H33ClFN7O2/c1-25(2,3)36-24(35)34(4)9-8-28-16-6-5-7-17(11-16)32-23-20(27)14-31-22(33-23)19-13-30-21-18(19)10-15(26)12-29-21/h10,12-14,16-17,28H,5-9,11H2,1-4H3,(H,29,30)(H,31,32,33)/t16?,17-/m0/s1. The van der Waals surface area contributed by atoms with Crippen LogP contribution in [0.2, 0.25) is 5.02 Å². The first-order valence-electron chi connectivity index (χ1n) is 12.2. The van der Waals surface area contributed by atoms with Crippen LogP contribution < -0.4 is 10.6 Å². The number of halogens is 2. The van der Waals surface area contributed by atoms with Gasteiger partial charge in [0.05, 0.1) is 11.2 Å². The summed E-state index contributed by atoms with van der Waals surface area (Å²) in [5, 5.41) is 8.08. The zero-order valence-electron chi connectivity index (χ0n) is 21.1. The summed E-state index contributed by atoms with van der Waals surface area (Å²) in [4.78, 5) is 29.7. The highest BCUT2D eigenvalue weighted by molar-refractivity contribution is 6.31. The molecule has 11 heteroatoms. The van der Waals surface area contributed by atoms with Crippen molar-refractivity contribution in [3.63, 3.8) is 0 Å². The van der Waals surface area contributed by atoms with Gasteiger partial charge in [-0.1, -0.05) is 11.6 Å². The average molecular weight is 518 g/mol. The first-order valence-corrected chi connectivity index (χ1v) is 12.6. The van der Waals surface area contributed by atoms with Gasteiger partial charge < -0.3 is 25.3 Å². The summed E-state index contributed by atoms with van der Waals surface area (Å²) >= 11 is 6.11. The minimum atomic E-state index is -0.519. The lowest BCUT2D eigenvalue weighted by Crippen LogP contribution is -2.43. The van der Waals surface area contributed by atoms with Crippen molar-refractivity contribution >= 4 is 34.5 Å². The third-order valence-corrected chi connectivity index (χ3v) is 6.29. The zero-order chi connectivity index (χ0) is 25.9. The Morgan fingerprint density at radius 1 is 1.28 bits per heavy atom. The highest BCUT2D eigenvalue weighted by Crippen LogP contribution is 2.29. The van der Waals surface area contributed by atoms with Crippen LogP contribution in [0.5, 0.6) is 0 Å². The smallest absolute Gasteiger partial charge is 0.410 e. The number of pyridine rings is 1. The molecule has 0 aliphatic heterocycles. The Morgan fingerprint density at radius 3 is 2.83 bits per heavy atom. The SMILES string of the molecule is CN(CCNC1CCC[C@H](Nc2nc(-c3c[nH]c4ncc(Cl)cc34)ncc2F)C1)C(=O)OC(C)(C)C. The third-order valence-electron chi connectivity index (χ3n) is 6.08. The molecular formula is C25H33ClFN7O2. The monoisotopic (exact) mass is 517 g/mol. The number of hydrogen-bond donors (Lipinski definition) is 3. The predicted molar refractivity (Wildman–Crippen MR) is 139 cm³/mol. The Labute approximate surface area is 215 Å². The summed E-state index contributed by atoms with van der Waals surface area (Å²) in [5.41, 5.74) is 0.852. The number of likely N-dealkylation sites (N-methyl/N-ethyl adjacent to an activating group) is 1. The molecule has 0 bridgehead atoms. The number of amides is 1. The number of nitrogens with one attached hydrogen (secondary N) is 3. The van der Waals surface area contributed by atoms with Gasteiger partial charge in [0.15, 0.2) is 17.5 Å². The van der Waals surface area contributed by atoms with Gasteiger partial charge in [-0.05, 0) is 52.5 Å². The second-order valence-electron chi connectivity index (χ2n) is 10.2. The lowest BCUT2D eigenvalue weighted by molar-refractivity contribution is 0.0299. The van der Waals surface area contributed by atoms with Gasteiger partial charge in [-0.2, -0.15) is 0 Å². The van der Waals surface area contributed by atoms with Crippen LogP contribution in [0, 0.1) is 5.82 Å². The van der Waals surface area contributed by atoms with Crippen LogP contribution in [0.1, 0.15) is 46.5 Å². The quantitative estimate of drug-likeness (QED) is 0.405. The van der Waals surface area contributed by atoms with Crippen molar-refractivity contribution in [1.82, 2.24) is 30.2 Å². The molecule has 3 aromatic rings. The van der Waals surface area contributed by atoms with E-state index >= 15 is 0 Å². The minimum absolute atomic E-state index is 0.0659. The number of ether oxygens (including phenoxy) is 1. The maximum atomic E-state index is 14.6. The van der Waals surface area contributed by atoms with Crippen molar-refractivity contribution in [2.75, 3.05) is 25.5 Å². The summed E-state index contributed by atoms with van der Waals surface area (Å²) in [6.45, 7) is 6.74. The number of fused-ring (bicyclic) bond motifs is 1. The van der Waals surface area contributed by atoms with Gasteiger partial charge in [-0.25, -0.2) is 24.1 Å². The number of carbonyl (C=O) groups is 1. The van der Waals surface area contributed by atoms with Crippen LogP contribution in [-0.2, 0) is 4.74 Å². The van der Waals surface area contributed by atoms with Gasteiger partial charge in [-0.15, -0.1) is 0 Å². The van der Waals surface area contributed by atoms with E-state index in [0.29, 0.717) is 35.1 Å². The minimum Gasteiger partial charge on any atom is -0.444 e. The summed E-state index contributed by atoms with van der Waals surface area (Å²) in [6, 6.07) is 2.11. The first-order chi connectivity index (χ1) is 17.1. The van der Waals surface area contributed by atoms with Crippen molar-refractivity contribution in [2.45, 2.75) is 64.1 Å². The number of aromatic nitrogens is 4. The molecule has 3 aromatic heterocycles. The van der Waals surface area contributed by atoms with Gasteiger partial charge in [0, 0.05) is 55.6 Å². The average Bonchev–Trinajstić information content (AvgIpc) is 3.22. The molecule has 0 spiro atoms. The van der Waals surface area contributed by atoms with Gasteiger partial charge in [0.2, 0.25) is 0 Å². The van der Waals surface area contributed by atoms with Crippen LogP contribution in [0.4, 0.5) is 15.0 Å². The molecule has 36 heavy (non-hydrogen) atoms. The van der Waals surface area contributed by atoms with Crippen molar-refractivity contribution in [1.29, 1.82) is 0 Å². The fraction of sp³-hybridized carbons (Fsp3) is 0.520. The van der Waals surface area contributed by atoms with Crippen LogP contribution in [0.3, 0.4) is 0 Å². The predicted octanol–water partition coefficient (Wildman–Crippen LogP) is 4.99. The Hall–Kier alpha value is -2.98. The van der Waals surface area contributed by atoms with Crippen LogP contribution in [0.25, 0.3) is 22.4 Å². The van der Waals surface area contributed by atoms with Crippen LogP contribution in [-0.4, -0.2) is 68.8 Å². The Balaban J connectivity index is 1.35. The molecule has 4 rings (SSSR count). The highest BCUT2D eigenvalue weighted by Gasteiger charge is 2.24. The number of H-pyrrole nitrogens is 1. The molecule has 3 N–H and O–H groups in total. The van der Waals surface area contributed by atoms with Crippen molar-refractivity contribution in [2.24, 2.45) is 0 Å². The van der Waals surface area contributed by atoms with Crippen molar-refractivity contribution in [3.8, 4) is 11.4 Å². The van der Waals surface area contributed by atoms with E-state index in [1.54, 1.807) is 30.4 Å².